The maximum absolute atomic E-state index is 12.0. The van der Waals surface area contributed by atoms with Crippen LogP contribution in [-0.4, -0.2) is 23.5 Å². The predicted octanol–water partition coefficient (Wildman–Crippen LogP) is 4.69. The molecule has 28 heavy (non-hydrogen) atoms. The smallest absolute Gasteiger partial charge is 0.306 e. The Morgan fingerprint density at radius 3 is 2.71 bits per heavy atom. The largest absolute Gasteiger partial charge is 0.456 e. The number of fused-ring (bicyclic) bond motifs is 1. The van der Waals surface area contributed by atoms with E-state index >= 15 is 0 Å². The zero-order chi connectivity index (χ0) is 19.9. The van der Waals surface area contributed by atoms with E-state index in [1.807, 2.05) is 49.4 Å². The molecule has 1 aromatic heterocycles. The molecule has 0 bridgehead atoms. The van der Waals surface area contributed by atoms with Gasteiger partial charge in [-0.2, -0.15) is 0 Å². The summed E-state index contributed by atoms with van der Waals surface area (Å²) >= 11 is 7.76. The van der Waals surface area contributed by atoms with Gasteiger partial charge in [-0.3, -0.25) is 9.59 Å². The van der Waals surface area contributed by atoms with Crippen LogP contribution < -0.4 is 5.32 Å². The normalized spacial score (nSPS) is 11.9. The van der Waals surface area contributed by atoms with Gasteiger partial charge in [0.15, 0.2) is 6.61 Å². The van der Waals surface area contributed by atoms with E-state index < -0.39 is 0 Å². The van der Waals surface area contributed by atoms with Gasteiger partial charge < -0.3 is 10.1 Å². The summed E-state index contributed by atoms with van der Waals surface area (Å²) in [6, 6.07) is 15.0. The number of thiazole rings is 1. The van der Waals surface area contributed by atoms with Crippen molar-refractivity contribution in [2.24, 2.45) is 0 Å². The Balaban J connectivity index is 1.37. The molecule has 146 valence electrons. The number of carbonyl (C=O) groups is 2. The minimum absolute atomic E-state index is 0.253. The summed E-state index contributed by atoms with van der Waals surface area (Å²) in [5.41, 5.74) is 1.80. The van der Waals surface area contributed by atoms with Gasteiger partial charge in [0.1, 0.15) is 0 Å². The zero-order valence-corrected chi connectivity index (χ0v) is 17.1. The second-order valence-electron chi connectivity index (χ2n) is 6.40. The van der Waals surface area contributed by atoms with Crippen LogP contribution in [-0.2, 0) is 20.7 Å². The fourth-order valence-corrected chi connectivity index (χ4v) is 4.12. The Hall–Kier alpha value is -2.44. The standard InChI is InChI=1S/C21H21ClN2O3S/c1-14(15-7-2-3-8-16(15)22)23-19(25)13-27-21(26)12-6-11-20-24-17-9-4-5-10-18(17)28-20/h2-5,7-10,14H,6,11-13H2,1H3,(H,23,25)/t14-/m0/s1. The van der Waals surface area contributed by atoms with Gasteiger partial charge in [-0.05, 0) is 43.5 Å². The van der Waals surface area contributed by atoms with Crippen LogP contribution >= 0.6 is 22.9 Å². The first-order valence-electron chi connectivity index (χ1n) is 9.07. The molecule has 0 radical (unpaired) electrons. The second-order valence-corrected chi connectivity index (χ2v) is 7.92. The summed E-state index contributed by atoms with van der Waals surface area (Å²) in [5, 5.41) is 4.37. The van der Waals surface area contributed by atoms with Crippen LogP contribution in [0.25, 0.3) is 10.2 Å². The van der Waals surface area contributed by atoms with Crippen molar-refractivity contribution in [1.82, 2.24) is 10.3 Å². The number of rotatable bonds is 8. The molecule has 0 saturated carbocycles. The monoisotopic (exact) mass is 416 g/mol. The minimum atomic E-state index is -0.387. The summed E-state index contributed by atoms with van der Waals surface area (Å²) in [7, 11) is 0. The number of aromatic nitrogens is 1. The van der Waals surface area contributed by atoms with Gasteiger partial charge in [0.25, 0.3) is 5.91 Å². The summed E-state index contributed by atoms with van der Waals surface area (Å²) < 4.78 is 6.21. The third kappa shape index (κ3) is 5.53. The number of amides is 1. The highest BCUT2D eigenvalue weighted by Gasteiger charge is 2.14. The Morgan fingerprint density at radius 1 is 1.18 bits per heavy atom. The number of nitrogens with one attached hydrogen (secondary N) is 1. The average Bonchev–Trinajstić information content (AvgIpc) is 3.09. The number of carbonyl (C=O) groups excluding carboxylic acids is 2. The molecule has 3 rings (SSSR count). The van der Waals surface area contributed by atoms with Gasteiger partial charge in [-0.1, -0.05) is 41.9 Å². The van der Waals surface area contributed by atoms with Crippen LogP contribution in [0.1, 0.15) is 36.4 Å². The second kappa shape index (κ2) is 9.66. The Kier molecular flexibility index (Phi) is 7.01. The van der Waals surface area contributed by atoms with Crippen molar-refractivity contribution in [3.8, 4) is 0 Å². The first-order chi connectivity index (χ1) is 13.5. The highest BCUT2D eigenvalue weighted by atomic mass is 35.5. The number of para-hydroxylation sites is 1. The van der Waals surface area contributed by atoms with Crippen LogP contribution in [0.4, 0.5) is 0 Å². The van der Waals surface area contributed by atoms with Crippen molar-refractivity contribution < 1.29 is 14.3 Å². The molecule has 0 fully saturated rings. The van der Waals surface area contributed by atoms with Crippen LogP contribution in [0, 0.1) is 0 Å². The lowest BCUT2D eigenvalue weighted by Crippen LogP contribution is -2.31. The fraction of sp³-hybridized carbons (Fsp3) is 0.286. The lowest BCUT2D eigenvalue weighted by Gasteiger charge is -2.15. The summed E-state index contributed by atoms with van der Waals surface area (Å²) in [6.07, 6.45) is 1.60. The fourth-order valence-electron chi connectivity index (χ4n) is 2.82. The molecule has 1 atom stereocenters. The van der Waals surface area contributed by atoms with Crippen molar-refractivity contribution in [1.29, 1.82) is 0 Å². The Labute approximate surface area is 172 Å². The molecule has 0 aliphatic carbocycles. The average molecular weight is 417 g/mol. The molecule has 0 aliphatic heterocycles. The molecule has 0 spiro atoms. The molecule has 3 aromatic rings. The maximum Gasteiger partial charge on any atom is 0.306 e. The van der Waals surface area contributed by atoms with Crippen molar-refractivity contribution in [3.63, 3.8) is 0 Å². The minimum Gasteiger partial charge on any atom is -0.456 e. The number of esters is 1. The van der Waals surface area contributed by atoms with E-state index in [4.69, 9.17) is 16.3 Å². The molecule has 1 heterocycles. The summed E-state index contributed by atoms with van der Waals surface area (Å²) in [5.74, 6) is -0.742. The topological polar surface area (TPSA) is 68.3 Å². The summed E-state index contributed by atoms with van der Waals surface area (Å²) in [6.45, 7) is 1.54. The van der Waals surface area contributed by atoms with E-state index in [1.165, 1.54) is 0 Å². The van der Waals surface area contributed by atoms with Crippen LogP contribution in [0.5, 0.6) is 0 Å². The molecule has 1 N–H and O–H groups in total. The predicted molar refractivity (Wildman–Crippen MR) is 112 cm³/mol. The molecular weight excluding hydrogens is 396 g/mol. The number of hydrogen-bond acceptors (Lipinski definition) is 5. The molecule has 0 aliphatic rings. The van der Waals surface area contributed by atoms with E-state index in [1.54, 1.807) is 17.4 Å². The van der Waals surface area contributed by atoms with Gasteiger partial charge in [-0.25, -0.2) is 4.98 Å². The van der Waals surface area contributed by atoms with Crippen LogP contribution in [0.2, 0.25) is 5.02 Å². The van der Waals surface area contributed by atoms with Gasteiger partial charge in [0.2, 0.25) is 0 Å². The number of halogens is 1. The number of nitrogens with zero attached hydrogens (tertiary/aromatic N) is 1. The van der Waals surface area contributed by atoms with E-state index in [-0.39, 0.29) is 30.9 Å². The molecule has 7 heteroatoms. The zero-order valence-electron chi connectivity index (χ0n) is 15.5. The Bertz CT molecular complexity index is 940. The number of aryl methyl sites for hydroxylation is 1. The van der Waals surface area contributed by atoms with Crippen molar-refractivity contribution in [3.05, 3.63) is 64.1 Å². The van der Waals surface area contributed by atoms with E-state index in [0.29, 0.717) is 17.9 Å². The molecular formula is C21H21ClN2O3S. The molecule has 2 aromatic carbocycles. The van der Waals surface area contributed by atoms with Crippen molar-refractivity contribution in [2.75, 3.05) is 6.61 Å². The third-order valence-corrected chi connectivity index (χ3v) is 5.66. The number of benzene rings is 2. The summed E-state index contributed by atoms with van der Waals surface area (Å²) in [4.78, 5) is 28.4. The number of ether oxygens (including phenoxy) is 1. The van der Waals surface area contributed by atoms with Crippen LogP contribution in [0.15, 0.2) is 48.5 Å². The molecule has 5 nitrogen and oxygen atoms in total. The van der Waals surface area contributed by atoms with Crippen molar-refractivity contribution in [2.45, 2.75) is 32.2 Å². The lowest BCUT2D eigenvalue weighted by atomic mass is 10.1. The Morgan fingerprint density at radius 2 is 1.93 bits per heavy atom. The number of hydrogen-bond donors (Lipinski definition) is 1. The molecule has 0 saturated heterocycles. The van der Waals surface area contributed by atoms with Gasteiger partial charge >= 0.3 is 5.97 Å². The van der Waals surface area contributed by atoms with Crippen molar-refractivity contribution >= 4 is 45.0 Å². The first-order valence-corrected chi connectivity index (χ1v) is 10.3. The SMILES string of the molecule is C[C@H](NC(=O)COC(=O)CCCc1nc2ccccc2s1)c1ccccc1Cl. The van der Waals surface area contributed by atoms with Gasteiger partial charge in [0.05, 0.1) is 21.3 Å². The molecule has 1 amide bonds. The third-order valence-electron chi connectivity index (χ3n) is 4.22. The quantitative estimate of drug-likeness (QED) is 0.541. The first kappa shape index (κ1) is 20.3. The highest BCUT2D eigenvalue weighted by molar-refractivity contribution is 7.18. The van der Waals surface area contributed by atoms with E-state index in [2.05, 4.69) is 10.3 Å². The van der Waals surface area contributed by atoms with E-state index in [9.17, 15) is 9.59 Å². The van der Waals surface area contributed by atoms with Gasteiger partial charge in [0, 0.05) is 11.4 Å². The lowest BCUT2D eigenvalue weighted by molar-refractivity contribution is -0.148. The van der Waals surface area contributed by atoms with Crippen LogP contribution in [0.3, 0.4) is 0 Å². The highest BCUT2D eigenvalue weighted by Crippen LogP contribution is 2.23. The van der Waals surface area contributed by atoms with Gasteiger partial charge in [-0.15, -0.1) is 11.3 Å². The maximum atomic E-state index is 12.0. The molecule has 0 unspecified atom stereocenters. The van der Waals surface area contributed by atoms with E-state index in [0.717, 1.165) is 20.8 Å².